The van der Waals surface area contributed by atoms with E-state index in [1.165, 1.54) is 20.3 Å². The van der Waals surface area contributed by atoms with Crippen LogP contribution in [0.1, 0.15) is 12.0 Å². The summed E-state index contributed by atoms with van der Waals surface area (Å²) >= 11 is 0. The van der Waals surface area contributed by atoms with Crippen LogP contribution in [0.25, 0.3) is 6.08 Å². The third-order valence-electron chi connectivity index (χ3n) is 2.03. The van der Waals surface area contributed by atoms with E-state index in [4.69, 9.17) is 4.74 Å². The largest absolute Gasteiger partial charge is 0.508 e. The summed E-state index contributed by atoms with van der Waals surface area (Å²) in [5.74, 6) is 0.400. The number of aromatic hydroxyl groups is 1. The Morgan fingerprint density at radius 3 is 2.81 bits per heavy atom. The number of hydrogen-bond acceptors (Lipinski definition) is 4. The minimum atomic E-state index is -0.297. The number of hydrogen-bond donors (Lipinski definition) is 1. The molecule has 0 bridgehead atoms. The van der Waals surface area contributed by atoms with Gasteiger partial charge >= 0.3 is 5.97 Å². The Hall–Kier alpha value is -1.97. The van der Waals surface area contributed by atoms with Crippen molar-refractivity contribution in [2.45, 2.75) is 6.42 Å². The van der Waals surface area contributed by atoms with Crippen molar-refractivity contribution in [3.05, 3.63) is 29.8 Å². The molecule has 16 heavy (non-hydrogen) atoms. The maximum atomic E-state index is 10.9. The molecule has 0 heterocycles. The number of phenols is 1. The molecule has 0 saturated heterocycles. The standard InChI is InChI=1S/C12H14O4/c1-15-11-8-10(13)7-6-9(11)4-3-5-12(14)16-2/h3-4,6-8,13H,5H2,1-2H3. The molecule has 0 aliphatic carbocycles. The van der Waals surface area contributed by atoms with Crippen molar-refractivity contribution in [1.29, 1.82) is 0 Å². The predicted molar refractivity (Wildman–Crippen MR) is 60.3 cm³/mol. The van der Waals surface area contributed by atoms with Gasteiger partial charge in [-0.2, -0.15) is 0 Å². The van der Waals surface area contributed by atoms with Gasteiger partial charge in [-0.3, -0.25) is 4.79 Å². The van der Waals surface area contributed by atoms with Crippen LogP contribution in [0.4, 0.5) is 0 Å². The van der Waals surface area contributed by atoms with Gasteiger partial charge in [0.25, 0.3) is 0 Å². The summed E-state index contributed by atoms with van der Waals surface area (Å²) in [4.78, 5) is 10.9. The van der Waals surface area contributed by atoms with Crippen LogP contribution < -0.4 is 4.74 Å². The average Bonchev–Trinajstić information content (AvgIpc) is 2.30. The molecule has 1 aromatic rings. The van der Waals surface area contributed by atoms with E-state index in [1.807, 2.05) is 0 Å². The van der Waals surface area contributed by atoms with E-state index in [1.54, 1.807) is 24.3 Å². The summed E-state index contributed by atoms with van der Waals surface area (Å²) in [6.45, 7) is 0. The Morgan fingerprint density at radius 1 is 1.44 bits per heavy atom. The zero-order valence-corrected chi connectivity index (χ0v) is 9.27. The van der Waals surface area contributed by atoms with Gasteiger partial charge in [0.2, 0.25) is 0 Å². The van der Waals surface area contributed by atoms with Crippen molar-refractivity contribution in [3.8, 4) is 11.5 Å². The summed E-state index contributed by atoms with van der Waals surface area (Å²) in [5, 5.41) is 9.24. The summed E-state index contributed by atoms with van der Waals surface area (Å²) in [6.07, 6.45) is 3.64. The number of rotatable bonds is 4. The van der Waals surface area contributed by atoms with Crippen molar-refractivity contribution in [1.82, 2.24) is 0 Å². The van der Waals surface area contributed by atoms with Crippen molar-refractivity contribution in [3.63, 3.8) is 0 Å². The second-order valence-electron chi connectivity index (χ2n) is 3.11. The molecule has 1 aromatic carbocycles. The SMILES string of the molecule is COC(=O)CC=Cc1ccc(O)cc1OC. The zero-order valence-electron chi connectivity index (χ0n) is 9.27. The maximum absolute atomic E-state index is 10.9. The van der Waals surface area contributed by atoms with E-state index in [0.717, 1.165) is 5.56 Å². The Balaban J connectivity index is 2.76. The Bertz CT molecular complexity index is 396. The Labute approximate surface area is 94.1 Å². The molecule has 0 spiro atoms. The van der Waals surface area contributed by atoms with Gasteiger partial charge in [-0.15, -0.1) is 0 Å². The van der Waals surface area contributed by atoms with Gasteiger partial charge in [0.05, 0.1) is 20.6 Å². The van der Waals surface area contributed by atoms with Crippen LogP contribution in [0.2, 0.25) is 0 Å². The van der Waals surface area contributed by atoms with Crippen LogP contribution in [0.3, 0.4) is 0 Å². The molecule has 0 amide bonds. The highest BCUT2D eigenvalue weighted by atomic mass is 16.5. The van der Waals surface area contributed by atoms with Crippen LogP contribution in [0, 0.1) is 0 Å². The van der Waals surface area contributed by atoms with Crippen molar-refractivity contribution in [2.75, 3.05) is 14.2 Å². The average molecular weight is 222 g/mol. The fourth-order valence-electron chi connectivity index (χ4n) is 1.20. The van der Waals surface area contributed by atoms with Gasteiger partial charge < -0.3 is 14.6 Å². The highest BCUT2D eigenvalue weighted by Crippen LogP contribution is 2.24. The lowest BCUT2D eigenvalue weighted by atomic mass is 10.1. The van der Waals surface area contributed by atoms with Gasteiger partial charge in [0, 0.05) is 11.6 Å². The molecule has 0 radical (unpaired) electrons. The molecule has 0 aromatic heterocycles. The number of esters is 1. The highest BCUT2D eigenvalue weighted by Gasteiger charge is 2.01. The highest BCUT2D eigenvalue weighted by molar-refractivity contribution is 5.73. The lowest BCUT2D eigenvalue weighted by Gasteiger charge is -2.04. The summed E-state index contributed by atoms with van der Waals surface area (Å²) in [6, 6.07) is 4.78. The van der Waals surface area contributed by atoms with E-state index in [0.29, 0.717) is 5.75 Å². The summed E-state index contributed by atoms with van der Waals surface area (Å²) in [5.41, 5.74) is 0.796. The molecule has 4 nitrogen and oxygen atoms in total. The molecule has 0 fully saturated rings. The molecule has 1 N–H and O–H groups in total. The zero-order chi connectivity index (χ0) is 12.0. The molecule has 0 unspecified atom stereocenters. The van der Waals surface area contributed by atoms with Crippen LogP contribution in [0.15, 0.2) is 24.3 Å². The second-order valence-corrected chi connectivity index (χ2v) is 3.11. The predicted octanol–water partition coefficient (Wildman–Crippen LogP) is 1.98. The van der Waals surface area contributed by atoms with Gasteiger partial charge in [-0.05, 0) is 12.1 Å². The first kappa shape index (κ1) is 12.1. The van der Waals surface area contributed by atoms with E-state index in [2.05, 4.69) is 4.74 Å². The van der Waals surface area contributed by atoms with E-state index in [-0.39, 0.29) is 18.1 Å². The third kappa shape index (κ3) is 3.31. The number of phenolic OH excluding ortho intramolecular Hbond substituents is 1. The fraction of sp³-hybridized carbons (Fsp3) is 0.250. The lowest BCUT2D eigenvalue weighted by molar-refractivity contribution is -0.139. The first-order valence-electron chi connectivity index (χ1n) is 4.77. The third-order valence-corrected chi connectivity index (χ3v) is 2.03. The minimum absolute atomic E-state index is 0.141. The number of carbonyl (C=O) groups is 1. The first-order chi connectivity index (χ1) is 7.67. The molecule has 86 valence electrons. The van der Waals surface area contributed by atoms with Crippen LogP contribution in [-0.2, 0) is 9.53 Å². The molecule has 0 saturated carbocycles. The normalized spacial score (nSPS) is 10.4. The van der Waals surface area contributed by atoms with Crippen LogP contribution >= 0.6 is 0 Å². The number of ether oxygens (including phenoxy) is 2. The first-order valence-corrected chi connectivity index (χ1v) is 4.77. The van der Waals surface area contributed by atoms with E-state index < -0.39 is 0 Å². The Kier molecular flexibility index (Phi) is 4.39. The lowest BCUT2D eigenvalue weighted by Crippen LogP contribution is -1.96. The second kappa shape index (κ2) is 5.80. The topological polar surface area (TPSA) is 55.8 Å². The van der Waals surface area contributed by atoms with E-state index >= 15 is 0 Å². The summed E-state index contributed by atoms with van der Waals surface area (Å²) < 4.78 is 9.58. The maximum Gasteiger partial charge on any atom is 0.309 e. The molecule has 0 atom stereocenters. The van der Waals surface area contributed by atoms with Crippen molar-refractivity contribution < 1.29 is 19.4 Å². The number of benzene rings is 1. The van der Waals surface area contributed by atoms with Gasteiger partial charge in [0.1, 0.15) is 11.5 Å². The Morgan fingerprint density at radius 2 is 2.19 bits per heavy atom. The van der Waals surface area contributed by atoms with Gasteiger partial charge in [-0.1, -0.05) is 12.2 Å². The van der Waals surface area contributed by atoms with Gasteiger partial charge in [0.15, 0.2) is 0 Å². The molecular weight excluding hydrogens is 208 g/mol. The quantitative estimate of drug-likeness (QED) is 0.791. The molecule has 0 aliphatic heterocycles. The molecule has 4 heteroatoms. The van der Waals surface area contributed by atoms with Crippen molar-refractivity contribution >= 4 is 12.0 Å². The van der Waals surface area contributed by atoms with Crippen molar-refractivity contribution in [2.24, 2.45) is 0 Å². The summed E-state index contributed by atoms with van der Waals surface area (Å²) in [7, 11) is 2.86. The number of methoxy groups -OCH3 is 2. The van der Waals surface area contributed by atoms with Crippen LogP contribution in [-0.4, -0.2) is 25.3 Å². The molecular formula is C12H14O4. The fourth-order valence-corrected chi connectivity index (χ4v) is 1.20. The number of carbonyl (C=O) groups excluding carboxylic acids is 1. The monoisotopic (exact) mass is 222 g/mol. The molecule has 0 aliphatic rings. The smallest absolute Gasteiger partial charge is 0.309 e. The van der Waals surface area contributed by atoms with Gasteiger partial charge in [-0.25, -0.2) is 0 Å². The van der Waals surface area contributed by atoms with E-state index in [9.17, 15) is 9.90 Å². The van der Waals surface area contributed by atoms with Crippen LogP contribution in [0.5, 0.6) is 11.5 Å². The molecule has 1 rings (SSSR count). The minimum Gasteiger partial charge on any atom is -0.508 e.